The van der Waals surface area contributed by atoms with Gasteiger partial charge in [0.25, 0.3) is 0 Å². The van der Waals surface area contributed by atoms with Gasteiger partial charge in [-0.2, -0.15) is 0 Å². The molecule has 4 rings (SSSR count). The van der Waals surface area contributed by atoms with Gasteiger partial charge >= 0.3 is 0 Å². The molecule has 1 aliphatic carbocycles. The summed E-state index contributed by atoms with van der Waals surface area (Å²) in [7, 11) is 0. The zero-order valence-electron chi connectivity index (χ0n) is 13.6. The normalized spacial score (nSPS) is 20.3. The number of nitrogens with one attached hydrogen (secondary N) is 1. The summed E-state index contributed by atoms with van der Waals surface area (Å²) < 4.78 is 2.20. The first-order valence-electron chi connectivity index (χ1n) is 8.45. The minimum atomic E-state index is 0.237. The van der Waals surface area contributed by atoms with Crippen molar-refractivity contribution in [2.24, 2.45) is 5.73 Å². The highest BCUT2D eigenvalue weighted by atomic mass is 79.9. The van der Waals surface area contributed by atoms with Gasteiger partial charge in [0.05, 0.1) is 20.4 Å². The molecule has 1 aromatic carbocycles. The minimum Gasteiger partial charge on any atom is -0.380 e. The minimum absolute atomic E-state index is 0.237. The average Bonchev–Trinajstić information content (AvgIpc) is 3.17. The van der Waals surface area contributed by atoms with Gasteiger partial charge in [-0.25, -0.2) is 4.98 Å². The fraction of sp³-hybridized carbons (Fsp3) is 0.316. The van der Waals surface area contributed by atoms with E-state index in [2.05, 4.69) is 38.4 Å². The van der Waals surface area contributed by atoms with Gasteiger partial charge < -0.3 is 11.1 Å². The third-order valence-corrected chi connectivity index (χ3v) is 7.41. The van der Waals surface area contributed by atoms with Crippen LogP contribution in [0.15, 0.2) is 40.9 Å². The Labute approximate surface area is 164 Å². The quantitative estimate of drug-likeness (QED) is 0.499. The number of fused-ring (bicyclic) bond motifs is 1. The summed E-state index contributed by atoms with van der Waals surface area (Å²) in [4.78, 5) is 5.86. The second-order valence-electron chi connectivity index (χ2n) is 6.49. The molecule has 3 aromatic rings. The van der Waals surface area contributed by atoms with E-state index in [4.69, 9.17) is 17.3 Å². The third-order valence-electron chi connectivity index (χ3n) is 4.81. The number of thiophene rings is 1. The Morgan fingerprint density at radius 2 is 2.08 bits per heavy atom. The Morgan fingerprint density at radius 3 is 2.80 bits per heavy atom. The van der Waals surface area contributed by atoms with Gasteiger partial charge in [0, 0.05) is 29.4 Å². The van der Waals surface area contributed by atoms with Crippen LogP contribution in [-0.2, 0) is 6.54 Å². The predicted molar refractivity (Wildman–Crippen MR) is 111 cm³/mol. The topological polar surface area (TPSA) is 50.9 Å². The van der Waals surface area contributed by atoms with E-state index in [-0.39, 0.29) is 6.04 Å². The number of halogens is 2. The summed E-state index contributed by atoms with van der Waals surface area (Å²) in [5.41, 5.74) is 9.52. The molecule has 0 saturated heterocycles. The van der Waals surface area contributed by atoms with E-state index in [9.17, 15) is 0 Å². The van der Waals surface area contributed by atoms with Crippen molar-refractivity contribution in [1.29, 1.82) is 0 Å². The summed E-state index contributed by atoms with van der Waals surface area (Å²) in [5.74, 6) is 0.411. The predicted octanol–water partition coefficient (Wildman–Crippen LogP) is 5.92. The lowest BCUT2D eigenvalue weighted by molar-refractivity contribution is 0.620. The first-order valence-corrected chi connectivity index (χ1v) is 10.4. The van der Waals surface area contributed by atoms with Crippen LogP contribution in [0.2, 0.25) is 5.15 Å². The van der Waals surface area contributed by atoms with Gasteiger partial charge in [-0.3, -0.25) is 0 Å². The van der Waals surface area contributed by atoms with E-state index < -0.39 is 0 Å². The number of rotatable bonds is 4. The molecule has 25 heavy (non-hydrogen) atoms. The van der Waals surface area contributed by atoms with Gasteiger partial charge in [0.1, 0.15) is 5.15 Å². The molecule has 1 saturated carbocycles. The molecule has 2 atom stereocenters. The molecular formula is C19H19BrClN3S. The first-order chi connectivity index (χ1) is 12.1. The Kier molecular flexibility index (Phi) is 5.00. The molecule has 0 radical (unpaired) electrons. The SMILES string of the molecule is N[C@H]1CCC[C@@H]1c1sc2c(NCc3ccccc3)cc(Cl)nc2c1Br. The lowest BCUT2D eigenvalue weighted by atomic mass is 10.0. The maximum Gasteiger partial charge on any atom is 0.131 e. The zero-order chi connectivity index (χ0) is 17.4. The second-order valence-corrected chi connectivity index (χ2v) is 8.72. The smallest absolute Gasteiger partial charge is 0.131 e. The largest absolute Gasteiger partial charge is 0.380 e. The summed E-state index contributed by atoms with van der Waals surface area (Å²) in [5, 5.41) is 4.02. The van der Waals surface area contributed by atoms with E-state index >= 15 is 0 Å². The number of benzene rings is 1. The molecule has 0 unspecified atom stereocenters. The van der Waals surface area contributed by atoms with E-state index in [1.165, 1.54) is 16.9 Å². The number of aromatic nitrogens is 1. The van der Waals surface area contributed by atoms with Crippen LogP contribution in [0.1, 0.15) is 35.6 Å². The van der Waals surface area contributed by atoms with Gasteiger partial charge in [-0.15, -0.1) is 11.3 Å². The number of hydrogen-bond donors (Lipinski definition) is 2. The van der Waals surface area contributed by atoms with Gasteiger partial charge in [-0.05, 0) is 34.3 Å². The van der Waals surface area contributed by atoms with Crippen LogP contribution in [0.4, 0.5) is 5.69 Å². The molecule has 1 fully saturated rings. The maximum atomic E-state index is 6.33. The molecule has 3 nitrogen and oxygen atoms in total. The van der Waals surface area contributed by atoms with Crippen LogP contribution in [0.3, 0.4) is 0 Å². The molecule has 0 aliphatic heterocycles. The van der Waals surface area contributed by atoms with E-state index in [0.717, 1.165) is 39.8 Å². The van der Waals surface area contributed by atoms with E-state index in [0.29, 0.717) is 11.1 Å². The maximum absolute atomic E-state index is 6.33. The van der Waals surface area contributed by atoms with Crippen molar-refractivity contribution < 1.29 is 0 Å². The fourth-order valence-electron chi connectivity index (χ4n) is 3.50. The molecule has 0 spiro atoms. The summed E-state index contributed by atoms with van der Waals surface area (Å²) in [6.07, 6.45) is 3.44. The van der Waals surface area contributed by atoms with Gasteiger partial charge in [0.2, 0.25) is 0 Å². The number of nitrogens with two attached hydrogens (primary N) is 1. The Balaban J connectivity index is 1.71. The molecular weight excluding hydrogens is 418 g/mol. The standard InChI is InChI=1S/C19H19BrClN3S/c20-16-17-19(25-18(16)12-7-4-8-13(12)22)14(9-15(21)24-17)23-10-11-5-2-1-3-6-11/h1-3,5-6,9,12-13H,4,7-8,10,22H2,(H,23,24)/t12-,13-/m0/s1. The molecule has 2 heterocycles. The Morgan fingerprint density at radius 1 is 1.28 bits per heavy atom. The van der Waals surface area contributed by atoms with Crippen LogP contribution < -0.4 is 11.1 Å². The lowest BCUT2D eigenvalue weighted by Gasteiger charge is -2.13. The van der Waals surface area contributed by atoms with Crippen molar-refractivity contribution >= 4 is 54.8 Å². The number of nitrogens with zero attached hydrogens (tertiary/aromatic N) is 1. The number of pyridine rings is 1. The van der Waals surface area contributed by atoms with Crippen LogP contribution in [0.5, 0.6) is 0 Å². The molecule has 0 bridgehead atoms. The van der Waals surface area contributed by atoms with Crippen LogP contribution in [0.25, 0.3) is 10.2 Å². The molecule has 6 heteroatoms. The van der Waals surface area contributed by atoms with Gasteiger partial charge in [-0.1, -0.05) is 48.4 Å². The van der Waals surface area contributed by atoms with Crippen LogP contribution in [-0.4, -0.2) is 11.0 Å². The molecule has 2 aromatic heterocycles. The summed E-state index contributed by atoms with van der Waals surface area (Å²) >= 11 is 11.8. The van der Waals surface area contributed by atoms with Crippen molar-refractivity contribution in [1.82, 2.24) is 4.98 Å². The highest BCUT2D eigenvalue weighted by Gasteiger charge is 2.30. The molecule has 3 N–H and O–H groups in total. The van der Waals surface area contributed by atoms with Crippen molar-refractivity contribution in [2.45, 2.75) is 37.8 Å². The average molecular weight is 437 g/mol. The van der Waals surface area contributed by atoms with Crippen molar-refractivity contribution in [3.05, 3.63) is 56.5 Å². The van der Waals surface area contributed by atoms with Crippen LogP contribution in [0, 0.1) is 0 Å². The highest BCUT2D eigenvalue weighted by Crippen LogP contribution is 2.47. The van der Waals surface area contributed by atoms with Gasteiger partial charge in [0.15, 0.2) is 0 Å². The third kappa shape index (κ3) is 3.43. The first kappa shape index (κ1) is 17.3. The van der Waals surface area contributed by atoms with Crippen molar-refractivity contribution in [2.75, 3.05) is 5.32 Å². The van der Waals surface area contributed by atoms with Crippen molar-refractivity contribution in [3.8, 4) is 0 Å². The van der Waals surface area contributed by atoms with Crippen molar-refractivity contribution in [3.63, 3.8) is 0 Å². The Bertz CT molecular complexity index is 897. The zero-order valence-corrected chi connectivity index (χ0v) is 16.8. The fourth-order valence-corrected chi connectivity index (χ4v) is 5.99. The summed E-state index contributed by atoms with van der Waals surface area (Å²) in [6.45, 7) is 0.754. The second kappa shape index (κ2) is 7.23. The number of anilines is 1. The highest BCUT2D eigenvalue weighted by molar-refractivity contribution is 9.10. The summed E-state index contributed by atoms with van der Waals surface area (Å²) in [6, 6.07) is 12.5. The number of hydrogen-bond acceptors (Lipinski definition) is 4. The van der Waals surface area contributed by atoms with E-state index in [1.807, 2.05) is 24.3 Å². The van der Waals surface area contributed by atoms with E-state index in [1.54, 1.807) is 11.3 Å². The monoisotopic (exact) mass is 435 g/mol. The van der Waals surface area contributed by atoms with Crippen LogP contribution >= 0.6 is 38.9 Å². The molecule has 0 amide bonds. The lowest BCUT2D eigenvalue weighted by Crippen LogP contribution is -2.22. The molecule has 1 aliphatic rings. The molecule has 130 valence electrons. The Hall–Kier alpha value is -1.14.